The maximum absolute atomic E-state index is 13.6. The Morgan fingerprint density at radius 3 is 2.21 bits per heavy atom. The van der Waals surface area contributed by atoms with Crippen molar-refractivity contribution >= 4 is 5.78 Å². The smallest absolute Gasteiger partial charge is 0.170 e. The highest BCUT2D eigenvalue weighted by Gasteiger charge is 2.14. The first-order chi connectivity index (χ1) is 8.99. The van der Waals surface area contributed by atoms with Crippen LogP contribution in [0.5, 0.6) is 0 Å². The SMILES string of the molecule is Cc1cc(C)c(CC(=O)c2ccccc2F)c(C)c1. The van der Waals surface area contributed by atoms with Gasteiger partial charge in [-0.15, -0.1) is 0 Å². The van der Waals surface area contributed by atoms with Crippen LogP contribution in [0.3, 0.4) is 0 Å². The maximum Gasteiger partial charge on any atom is 0.170 e. The van der Waals surface area contributed by atoms with Gasteiger partial charge < -0.3 is 0 Å². The summed E-state index contributed by atoms with van der Waals surface area (Å²) < 4.78 is 13.6. The molecule has 0 aromatic heterocycles. The summed E-state index contributed by atoms with van der Waals surface area (Å²) in [5.74, 6) is -0.622. The quantitative estimate of drug-likeness (QED) is 0.753. The van der Waals surface area contributed by atoms with E-state index in [4.69, 9.17) is 0 Å². The number of Topliss-reactive ketones (excluding diaryl/α,β-unsaturated/α-hetero) is 1. The average Bonchev–Trinajstić information content (AvgIpc) is 2.34. The second-order valence-electron chi connectivity index (χ2n) is 4.96. The summed E-state index contributed by atoms with van der Waals surface area (Å²) in [6, 6.07) is 10.2. The first-order valence-corrected chi connectivity index (χ1v) is 6.33. The molecule has 0 saturated heterocycles. The van der Waals surface area contributed by atoms with Gasteiger partial charge in [-0.2, -0.15) is 0 Å². The van der Waals surface area contributed by atoms with Gasteiger partial charge in [0.2, 0.25) is 0 Å². The molecule has 2 rings (SSSR count). The third-order valence-electron chi connectivity index (χ3n) is 3.35. The zero-order chi connectivity index (χ0) is 14.0. The molecular weight excluding hydrogens is 239 g/mol. The molecule has 0 bridgehead atoms. The zero-order valence-electron chi connectivity index (χ0n) is 11.5. The number of rotatable bonds is 3. The number of hydrogen-bond acceptors (Lipinski definition) is 1. The highest BCUT2D eigenvalue weighted by Crippen LogP contribution is 2.19. The molecule has 0 atom stereocenters. The van der Waals surface area contributed by atoms with Gasteiger partial charge in [0.15, 0.2) is 5.78 Å². The molecule has 0 heterocycles. The predicted molar refractivity (Wildman–Crippen MR) is 75.1 cm³/mol. The van der Waals surface area contributed by atoms with E-state index in [-0.39, 0.29) is 17.8 Å². The largest absolute Gasteiger partial charge is 0.294 e. The van der Waals surface area contributed by atoms with E-state index in [0.29, 0.717) is 0 Å². The molecule has 0 aliphatic carbocycles. The highest BCUT2D eigenvalue weighted by molar-refractivity contribution is 5.98. The van der Waals surface area contributed by atoms with E-state index < -0.39 is 5.82 Å². The Kier molecular flexibility index (Phi) is 3.79. The maximum atomic E-state index is 13.6. The Morgan fingerprint density at radius 1 is 1.05 bits per heavy atom. The number of ketones is 1. The monoisotopic (exact) mass is 256 g/mol. The summed E-state index contributed by atoms with van der Waals surface area (Å²) in [6.45, 7) is 6.01. The third kappa shape index (κ3) is 2.90. The predicted octanol–water partition coefficient (Wildman–Crippen LogP) is 4.18. The molecule has 2 aromatic carbocycles. The van der Waals surface area contributed by atoms with Crippen molar-refractivity contribution in [1.29, 1.82) is 0 Å². The molecule has 0 saturated carbocycles. The Bertz CT molecular complexity index is 606. The highest BCUT2D eigenvalue weighted by atomic mass is 19.1. The van der Waals surface area contributed by atoms with E-state index in [2.05, 4.69) is 12.1 Å². The molecular formula is C17H17FO. The fraction of sp³-hybridized carbons (Fsp3) is 0.235. The molecule has 0 radical (unpaired) electrons. The van der Waals surface area contributed by atoms with Crippen LogP contribution in [0.25, 0.3) is 0 Å². The van der Waals surface area contributed by atoms with E-state index in [1.165, 1.54) is 17.7 Å². The van der Waals surface area contributed by atoms with Crippen LogP contribution in [0.4, 0.5) is 4.39 Å². The average molecular weight is 256 g/mol. The molecule has 1 nitrogen and oxygen atoms in total. The van der Waals surface area contributed by atoms with Gasteiger partial charge in [0.05, 0.1) is 5.56 Å². The Balaban J connectivity index is 2.32. The van der Waals surface area contributed by atoms with E-state index in [1.54, 1.807) is 12.1 Å². The van der Waals surface area contributed by atoms with Crippen molar-refractivity contribution in [2.75, 3.05) is 0 Å². The van der Waals surface area contributed by atoms with Crippen LogP contribution in [-0.4, -0.2) is 5.78 Å². The zero-order valence-corrected chi connectivity index (χ0v) is 11.5. The van der Waals surface area contributed by atoms with Gasteiger partial charge >= 0.3 is 0 Å². The van der Waals surface area contributed by atoms with Gasteiger partial charge in [-0.25, -0.2) is 4.39 Å². The van der Waals surface area contributed by atoms with Crippen LogP contribution < -0.4 is 0 Å². The first-order valence-electron chi connectivity index (χ1n) is 6.33. The number of hydrogen-bond donors (Lipinski definition) is 0. The summed E-state index contributed by atoms with van der Waals surface area (Å²) in [7, 11) is 0. The summed E-state index contributed by atoms with van der Waals surface area (Å²) >= 11 is 0. The number of carbonyl (C=O) groups excluding carboxylic acids is 1. The lowest BCUT2D eigenvalue weighted by atomic mass is 9.94. The van der Waals surface area contributed by atoms with Crippen LogP contribution in [0, 0.1) is 26.6 Å². The van der Waals surface area contributed by atoms with Gasteiger partial charge in [0.1, 0.15) is 5.82 Å². The lowest BCUT2D eigenvalue weighted by Gasteiger charge is -2.11. The van der Waals surface area contributed by atoms with Crippen LogP contribution in [0.2, 0.25) is 0 Å². The van der Waals surface area contributed by atoms with Crippen molar-refractivity contribution in [2.24, 2.45) is 0 Å². The van der Waals surface area contributed by atoms with Crippen LogP contribution in [0.15, 0.2) is 36.4 Å². The minimum Gasteiger partial charge on any atom is -0.294 e. The normalized spacial score (nSPS) is 10.5. The fourth-order valence-electron chi connectivity index (χ4n) is 2.43. The molecule has 0 N–H and O–H groups in total. The molecule has 0 fully saturated rings. The van der Waals surface area contributed by atoms with E-state index in [1.807, 2.05) is 20.8 Å². The van der Waals surface area contributed by atoms with Crippen molar-refractivity contribution in [3.63, 3.8) is 0 Å². The van der Waals surface area contributed by atoms with Crippen molar-refractivity contribution in [1.82, 2.24) is 0 Å². The first kappa shape index (κ1) is 13.5. The Labute approximate surface area is 113 Å². The molecule has 2 heteroatoms. The summed E-state index contributed by atoms with van der Waals surface area (Å²) in [6.07, 6.45) is 0.249. The van der Waals surface area contributed by atoms with Gasteiger partial charge in [-0.1, -0.05) is 29.8 Å². The van der Waals surface area contributed by atoms with Crippen LogP contribution in [0.1, 0.15) is 32.6 Å². The molecule has 0 amide bonds. The molecule has 2 aromatic rings. The standard InChI is InChI=1S/C17H17FO/c1-11-8-12(2)15(13(3)9-11)10-17(19)14-6-4-5-7-16(14)18/h4-9H,10H2,1-3H3. The van der Waals surface area contributed by atoms with E-state index >= 15 is 0 Å². The van der Waals surface area contributed by atoms with Gasteiger partial charge in [-0.05, 0) is 49.6 Å². The van der Waals surface area contributed by atoms with E-state index in [9.17, 15) is 9.18 Å². The van der Waals surface area contributed by atoms with Gasteiger partial charge in [0.25, 0.3) is 0 Å². The topological polar surface area (TPSA) is 17.1 Å². The molecule has 98 valence electrons. The number of halogens is 1. The van der Waals surface area contributed by atoms with Crippen molar-refractivity contribution < 1.29 is 9.18 Å². The second kappa shape index (κ2) is 5.35. The Hall–Kier alpha value is -1.96. The summed E-state index contributed by atoms with van der Waals surface area (Å²) in [4.78, 5) is 12.2. The summed E-state index contributed by atoms with van der Waals surface area (Å²) in [5, 5.41) is 0. The molecule has 0 aliphatic rings. The fourth-order valence-corrected chi connectivity index (χ4v) is 2.43. The van der Waals surface area contributed by atoms with Gasteiger partial charge in [0, 0.05) is 6.42 Å². The molecule has 0 aliphatic heterocycles. The minimum atomic E-state index is -0.449. The van der Waals surface area contributed by atoms with Crippen molar-refractivity contribution in [3.05, 3.63) is 70.0 Å². The third-order valence-corrected chi connectivity index (χ3v) is 3.35. The van der Waals surface area contributed by atoms with Crippen molar-refractivity contribution in [3.8, 4) is 0 Å². The van der Waals surface area contributed by atoms with Crippen LogP contribution in [-0.2, 0) is 6.42 Å². The lowest BCUT2D eigenvalue weighted by molar-refractivity contribution is 0.0988. The molecule has 0 spiro atoms. The second-order valence-corrected chi connectivity index (χ2v) is 4.96. The number of aryl methyl sites for hydroxylation is 3. The Morgan fingerprint density at radius 2 is 1.63 bits per heavy atom. The van der Waals surface area contributed by atoms with Crippen LogP contribution >= 0.6 is 0 Å². The van der Waals surface area contributed by atoms with Crippen molar-refractivity contribution in [2.45, 2.75) is 27.2 Å². The minimum absolute atomic E-state index is 0.168. The van der Waals surface area contributed by atoms with E-state index in [0.717, 1.165) is 16.7 Å². The number of carbonyl (C=O) groups is 1. The molecule has 0 unspecified atom stereocenters. The summed E-state index contributed by atoms with van der Waals surface area (Å²) in [5.41, 5.74) is 4.52. The lowest BCUT2D eigenvalue weighted by Crippen LogP contribution is -2.08. The van der Waals surface area contributed by atoms with Gasteiger partial charge in [-0.3, -0.25) is 4.79 Å². The number of benzene rings is 2. The molecule has 19 heavy (non-hydrogen) atoms.